The van der Waals surface area contributed by atoms with Gasteiger partial charge in [-0.05, 0) is 55.1 Å². The second kappa shape index (κ2) is 3.81. The summed E-state index contributed by atoms with van der Waals surface area (Å²) in [4.78, 5) is 15.6. The minimum Gasteiger partial charge on any atom is -0.397 e. The Balaban J connectivity index is 1.38. The van der Waals surface area contributed by atoms with Crippen LogP contribution in [0, 0.1) is 23.7 Å². The molecule has 5 rings (SSSR count). The number of nitrogens with one attached hydrogen (secondary N) is 2. The molecule has 4 heteroatoms. The van der Waals surface area contributed by atoms with Crippen molar-refractivity contribution in [3.05, 3.63) is 30.0 Å². The van der Waals surface area contributed by atoms with Crippen molar-refractivity contribution in [1.29, 1.82) is 0 Å². The fourth-order valence-electron chi connectivity index (χ4n) is 5.05. The molecule has 4 atom stereocenters. The first-order valence-electron chi connectivity index (χ1n) is 7.90. The molecule has 1 heterocycles. The highest BCUT2D eigenvalue weighted by atomic mass is 16.2. The summed E-state index contributed by atoms with van der Waals surface area (Å²) in [6.45, 7) is 0. The smallest absolute Gasteiger partial charge is 0.267 e. The maximum Gasteiger partial charge on any atom is 0.267 e. The molecule has 2 aromatic rings. The zero-order valence-electron chi connectivity index (χ0n) is 11.8. The molecule has 108 valence electrons. The Bertz CT molecular complexity index is 734. The molecular weight excluding hydrogens is 262 g/mol. The SMILES string of the molecule is Nc1cccc2cc(C(=O)NC3C4C5CCC(C5)C34)[nH]c12. The Hall–Kier alpha value is -1.97. The zero-order valence-corrected chi connectivity index (χ0v) is 11.8. The van der Waals surface area contributed by atoms with Gasteiger partial charge in [-0.2, -0.15) is 0 Å². The van der Waals surface area contributed by atoms with E-state index in [0.717, 1.165) is 34.6 Å². The van der Waals surface area contributed by atoms with Gasteiger partial charge in [0, 0.05) is 11.4 Å². The second-order valence-electron chi connectivity index (χ2n) is 6.98. The van der Waals surface area contributed by atoms with Crippen LogP contribution in [0.15, 0.2) is 24.3 Å². The van der Waals surface area contributed by atoms with Crippen molar-refractivity contribution in [2.75, 3.05) is 5.73 Å². The van der Waals surface area contributed by atoms with Crippen molar-refractivity contribution < 1.29 is 4.79 Å². The van der Waals surface area contributed by atoms with Crippen LogP contribution in [0.3, 0.4) is 0 Å². The molecule has 0 spiro atoms. The Morgan fingerprint density at radius 3 is 2.71 bits per heavy atom. The summed E-state index contributed by atoms with van der Waals surface area (Å²) in [6.07, 6.45) is 4.16. The number of carbonyl (C=O) groups is 1. The number of nitrogen functional groups attached to an aromatic ring is 1. The van der Waals surface area contributed by atoms with E-state index in [1.165, 1.54) is 19.3 Å². The lowest BCUT2D eigenvalue weighted by Crippen LogP contribution is -2.30. The normalized spacial score (nSPS) is 35.9. The molecule has 3 fully saturated rings. The van der Waals surface area contributed by atoms with E-state index in [1.807, 2.05) is 24.3 Å². The average Bonchev–Trinajstić information content (AvgIpc) is 2.91. The van der Waals surface area contributed by atoms with Gasteiger partial charge in [0.2, 0.25) is 0 Å². The van der Waals surface area contributed by atoms with Crippen LogP contribution in [-0.4, -0.2) is 16.9 Å². The summed E-state index contributed by atoms with van der Waals surface area (Å²) in [7, 11) is 0. The summed E-state index contributed by atoms with van der Waals surface area (Å²) in [6, 6.07) is 8.06. The number of anilines is 1. The van der Waals surface area contributed by atoms with Gasteiger partial charge in [-0.25, -0.2) is 0 Å². The van der Waals surface area contributed by atoms with Gasteiger partial charge in [0.1, 0.15) is 5.69 Å². The van der Waals surface area contributed by atoms with Crippen molar-refractivity contribution in [2.24, 2.45) is 23.7 Å². The van der Waals surface area contributed by atoms with Crippen LogP contribution in [0.25, 0.3) is 10.9 Å². The van der Waals surface area contributed by atoms with Gasteiger partial charge in [-0.3, -0.25) is 4.79 Å². The van der Waals surface area contributed by atoms with Gasteiger partial charge >= 0.3 is 0 Å². The fourth-order valence-corrected chi connectivity index (χ4v) is 5.05. The first-order valence-corrected chi connectivity index (χ1v) is 7.90. The first-order chi connectivity index (χ1) is 10.2. The van der Waals surface area contributed by atoms with Crippen LogP contribution >= 0.6 is 0 Å². The number of rotatable bonds is 2. The lowest BCUT2D eigenvalue weighted by Gasteiger charge is -2.09. The number of hydrogen-bond donors (Lipinski definition) is 3. The number of aromatic amines is 1. The molecular formula is C17H19N3O. The highest BCUT2D eigenvalue weighted by Crippen LogP contribution is 2.65. The number of para-hydroxylation sites is 1. The standard InChI is InChI=1S/C17H19N3O/c18-11-3-1-2-10-7-12(19-15(10)11)17(21)20-16-13-8-4-5-9(6-8)14(13)16/h1-3,7-9,13-14,16,19H,4-6,18H2,(H,20,21). The molecule has 3 saturated carbocycles. The van der Waals surface area contributed by atoms with Crippen LogP contribution < -0.4 is 11.1 Å². The van der Waals surface area contributed by atoms with Gasteiger partial charge in [-0.15, -0.1) is 0 Å². The molecule has 2 bridgehead atoms. The monoisotopic (exact) mass is 281 g/mol. The van der Waals surface area contributed by atoms with Crippen LogP contribution in [0.4, 0.5) is 5.69 Å². The highest BCUT2D eigenvalue weighted by molar-refractivity contribution is 6.01. The summed E-state index contributed by atoms with van der Waals surface area (Å²) >= 11 is 0. The van der Waals surface area contributed by atoms with E-state index in [4.69, 9.17) is 5.73 Å². The molecule has 3 aliphatic rings. The molecule has 0 radical (unpaired) electrons. The predicted molar refractivity (Wildman–Crippen MR) is 81.8 cm³/mol. The first kappa shape index (κ1) is 11.7. The summed E-state index contributed by atoms with van der Waals surface area (Å²) in [5.41, 5.74) is 8.11. The summed E-state index contributed by atoms with van der Waals surface area (Å²) < 4.78 is 0. The minimum atomic E-state index is 0.0180. The molecule has 1 aromatic heterocycles. The second-order valence-corrected chi connectivity index (χ2v) is 6.98. The van der Waals surface area contributed by atoms with Crippen molar-refractivity contribution in [3.63, 3.8) is 0 Å². The van der Waals surface area contributed by atoms with Crippen LogP contribution in [0.5, 0.6) is 0 Å². The van der Waals surface area contributed by atoms with Crippen LogP contribution in [-0.2, 0) is 0 Å². The third kappa shape index (κ3) is 1.53. The average molecular weight is 281 g/mol. The van der Waals surface area contributed by atoms with E-state index in [1.54, 1.807) is 0 Å². The van der Waals surface area contributed by atoms with Gasteiger partial charge in [-0.1, -0.05) is 12.1 Å². The molecule has 4 nitrogen and oxygen atoms in total. The highest BCUT2D eigenvalue weighted by Gasteiger charge is 2.65. The fraction of sp³-hybridized carbons (Fsp3) is 0.471. The van der Waals surface area contributed by atoms with Crippen LogP contribution in [0.2, 0.25) is 0 Å². The number of hydrogen-bond acceptors (Lipinski definition) is 2. The van der Waals surface area contributed by atoms with E-state index in [9.17, 15) is 4.79 Å². The predicted octanol–water partition coefficient (Wildman–Crippen LogP) is 2.52. The number of fused-ring (bicyclic) bond motifs is 6. The van der Waals surface area contributed by atoms with E-state index in [-0.39, 0.29) is 5.91 Å². The van der Waals surface area contributed by atoms with E-state index >= 15 is 0 Å². The van der Waals surface area contributed by atoms with Gasteiger partial charge < -0.3 is 16.0 Å². The van der Waals surface area contributed by atoms with Gasteiger partial charge in [0.05, 0.1) is 11.2 Å². The summed E-state index contributed by atoms with van der Waals surface area (Å²) in [5.74, 6) is 3.31. The largest absolute Gasteiger partial charge is 0.397 e. The van der Waals surface area contributed by atoms with Crippen molar-refractivity contribution in [1.82, 2.24) is 10.3 Å². The lowest BCUT2D eigenvalue weighted by molar-refractivity contribution is 0.0940. The topological polar surface area (TPSA) is 70.9 Å². The number of carbonyl (C=O) groups excluding carboxylic acids is 1. The Labute approximate surface area is 123 Å². The molecule has 1 amide bonds. The quantitative estimate of drug-likeness (QED) is 0.740. The van der Waals surface area contributed by atoms with Crippen molar-refractivity contribution in [2.45, 2.75) is 25.3 Å². The molecule has 4 N–H and O–H groups in total. The number of H-pyrrole nitrogens is 1. The molecule has 0 aliphatic heterocycles. The maximum atomic E-state index is 12.5. The molecule has 3 aliphatic carbocycles. The van der Waals surface area contributed by atoms with Gasteiger partial charge in [0.25, 0.3) is 5.91 Å². The number of amides is 1. The summed E-state index contributed by atoms with van der Waals surface area (Å²) in [5, 5.41) is 4.24. The third-order valence-corrected chi connectivity index (χ3v) is 5.97. The van der Waals surface area contributed by atoms with Gasteiger partial charge in [0.15, 0.2) is 0 Å². The molecule has 0 saturated heterocycles. The zero-order chi connectivity index (χ0) is 14.1. The van der Waals surface area contributed by atoms with E-state index in [2.05, 4.69) is 10.3 Å². The Kier molecular flexibility index (Phi) is 2.12. The molecule has 4 unspecified atom stereocenters. The van der Waals surface area contributed by atoms with Crippen molar-refractivity contribution >= 4 is 22.5 Å². The lowest BCUT2D eigenvalue weighted by atomic mass is 10.0. The van der Waals surface area contributed by atoms with Crippen LogP contribution in [0.1, 0.15) is 29.8 Å². The maximum absolute atomic E-state index is 12.5. The van der Waals surface area contributed by atoms with Crippen molar-refractivity contribution in [3.8, 4) is 0 Å². The number of aromatic nitrogens is 1. The number of nitrogens with two attached hydrogens (primary N) is 1. The van der Waals surface area contributed by atoms with E-state index < -0.39 is 0 Å². The Morgan fingerprint density at radius 1 is 1.24 bits per heavy atom. The minimum absolute atomic E-state index is 0.0180. The molecule has 21 heavy (non-hydrogen) atoms. The van der Waals surface area contributed by atoms with E-state index in [0.29, 0.717) is 17.4 Å². The Morgan fingerprint density at radius 2 is 2.00 bits per heavy atom. The number of benzene rings is 1. The third-order valence-electron chi connectivity index (χ3n) is 5.97. The molecule has 1 aromatic carbocycles.